The van der Waals surface area contributed by atoms with Gasteiger partial charge in [0.2, 0.25) is 5.91 Å². The smallest absolute Gasteiger partial charge is 0.410 e. The zero-order chi connectivity index (χ0) is 33.8. The van der Waals surface area contributed by atoms with Crippen LogP contribution in [0.1, 0.15) is 107 Å². The molecule has 5 aliphatic carbocycles. The van der Waals surface area contributed by atoms with Crippen molar-refractivity contribution in [3.63, 3.8) is 0 Å². The summed E-state index contributed by atoms with van der Waals surface area (Å²) in [6.07, 6.45) is 15.1. The number of benzene rings is 1. The summed E-state index contributed by atoms with van der Waals surface area (Å²) in [6.45, 7) is 6.49. The first-order valence-corrected chi connectivity index (χ1v) is 18.5. The van der Waals surface area contributed by atoms with Crippen LogP contribution < -0.4 is 9.64 Å². The Balaban J connectivity index is 1.01. The van der Waals surface area contributed by atoms with Crippen molar-refractivity contribution >= 4 is 17.8 Å². The summed E-state index contributed by atoms with van der Waals surface area (Å²) in [7, 11) is 1.74. The molecule has 10 heteroatoms. The average molecular weight is 667 g/mol. The number of pyridine rings is 1. The van der Waals surface area contributed by atoms with Crippen LogP contribution in [0.25, 0.3) is 5.69 Å². The van der Waals surface area contributed by atoms with Crippen molar-refractivity contribution in [3.05, 3.63) is 59.8 Å². The van der Waals surface area contributed by atoms with Crippen molar-refractivity contribution < 1.29 is 19.1 Å². The van der Waals surface area contributed by atoms with Crippen LogP contribution in [0.15, 0.2) is 42.9 Å². The van der Waals surface area contributed by atoms with Crippen LogP contribution in [-0.4, -0.2) is 69.5 Å². The van der Waals surface area contributed by atoms with E-state index in [1.54, 1.807) is 24.5 Å². The number of fused-ring (bicyclic) bond motifs is 3. The van der Waals surface area contributed by atoms with Gasteiger partial charge in [-0.05, 0) is 124 Å². The highest BCUT2D eigenvalue weighted by atomic mass is 16.6. The molecule has 6 aliphatic rings. The van der Waals surface area contributed by atoms with Crippen LogP contribution in [0.5, 0.6) is 5.75 Å². The molecule has 2 amide bonds. The van der Waals surface area contributed by atoms with E-state index in [1.165, 1.54) is 11.1 Å². The molecule has 2 aromatic heterocycles. The summed E-state index contributed by atoms with van der Waals surface area (Å²) in [5.74, 6) is 3.56. The van der Waals surface area contributed by atoms with Crippen molar-refractivity contribution in [1.82, 2.24) is 24.6 Å². The van der Waals surface area contributed by atoms with Crippen LogP contribution in [-0.2, 0) is 14.9 Å². The second-order valence-corrected chi connectivity index (χ2v) is 16.0. The van der Waals surface area contributed by atoms with Gasteiger partial charge in [0, 0.05) is 43.7 Å². The molecule has 0 spiro atoms. The predicted octanol–water partition coefficient (Wildman–Crippen LogP) is 7.13. The third kappa shape index (κ3) is 6.32. The van der Waals surface area contributed by atoms with Crippen molar-refractivity contribution in [1.29, 1.82) is 0 Å². The number of carbonyl (C=O) groups excluding carboxylic acids is 2. The van der Waals surface area contributed by atoms with E-state index in [2.05, 4.69) is 37.0 Å². The van der Waals surface area contributed by atoms with Crippen LogP contribution in [0.3, 0.4) is 0 Å². The van der Waals surface area contributed by atoms with E-state index in [0.717, 1.165) is 81.7 Å². The van der Waals surface area contributed by atoms with Crippen molar-refractivity contribution in [2.24, 2.45) is 17.3 Å². The number of nitrogens with zero attached hydrogens (tertiary/aromatic N) is 6. The molecule has 0 atom stereocenters. The van der Waals surface area contributed by atoms with E-state index in [4.69, 9.17) is 19.6 Å². The Kier molecular flexibility index (Phi) is 8.39. The maximum absolute atomic E-state index is 14.6. The molecule has 2 bridgehead atoms. The normalized spacial score (nSPS) is 28.2. The minimum atomic E-state index is -0.206. The Morgan fingerprint density at radius 2 is 1.67 bits per heavy atom. The number of rotatable bonds is 9. The molecular formula is C39H50N6O4. The first-order valence-electron chi connectivity index (χ1n) is 18.5. The fourth-order valence-electron chi connectivity index (χ4n) is 9.09. The quantitative estimate of drug-likeness (QED) is 0.239. The van der Waals surface area contributed by atoms with Gasteiger partial charge in [-0.1, -0.05) is 19.1 Å². The van der Waals surface area contributed by atoms with E-state index in [-0.39, 0.29) is 34.9 Å². The minimum absolute atomic E-state index is 0.0596. The third-order valence-electron chi connectivity index (χ3n) is 12.5. The number of methoxy groups -OCH3 is 1. The average Bonchev–Trinajstić information content (AvgIpc) is 3.85. The van der Waals surface area contributed by atoms with Gasteiger partial charge in [0.1, 0.15) is 24.0 Å². The van der Waals surface area contributed by atoms with E-state index in [1.807, 2.05) is 21.7 Å². The minimum Gasteiger partial charge on any atom is -0.496 e. The van der Waals surface area contributed by atoms with E-state index in [0.29, 0.717) is 49.9 Å². The Morgan fingerprint density at radius 3 is 2.33 bits per heavy atom. The number of ether oxygens (including phenoxy) is 2. The molecule has 1 saturated heterocycles. The fraction of sp³-hybridized carbons (Fsp3) is 0.615. The summed E-state index contributed by atoms with van der Waals surface area (Å²) in [4.78, 5) is 40.4. The van der Waals surface area contributed by atoms with E-state index >= 15 is 0 Å². The summed E-state index contributed by atoms with van der Waals surface area (Å²) in [5.41, 5.74) is 3.75. The standard InChI is InChI=1S/C39H50N6O4/c1-26-22-43(23-26)37(47)49-32-9-6-29(7-10-32)36(46)44(34-21-31(12-19-40-34)45-25-41-35(42-45)28-4-5-28)24-38-13-16-39(17-14-38,18-15-38)30-8-11-33(48-3)27(2)20-30/h8,11-12,19-21,25-26,28-29,32H,4-7,9-10,13-18,22-24H2,1-3H3. The number of aryl methyl sites for hydroxylation is 1. The lowest BCUT2D eigenvalue weighted by Gasteiger charge is -2.55. The molecule has 260 valence electrons. The summed E-state index contributed by atoms with van der Waals surface area (Å²) >= 11 is 0. The first-order chi connectivity index (χ1) is 23.7. The molecule has 0 radical (unpaired) electrons. The van der Waals surface area contributed by atoms with Gasteiger partial charge >= 0.3 is 6.09 Å². The number of hydrogen-bond acceptors (Lipinski definition) is 7. The Morgan fingerprint density at radius 1 is 0.939 bits per heavy atom. The lowest BCUT2D eigenvalue weighted by atomic mass is 9.51. The van der Waals surface area contributed by atoms with Gasteiger partial charge in [-0.3, -0.25) is 9.69 Å². The molecule has 0 unspecified atom stereocenters. The molecule has 0 N–H and O–H groups in total. The molecule has 3 aromatic rings. The number of likely N-dealkylation sites (tertiary alicyclic amines) is 1. The SMILES string of the molecule is COc1ccc(C23CCC(CN(C(=O)C4CCC(OC(=O)N5CC(C)C5)CC4)c4cc(-n5cnc(C6CC6)n5)ccn4)(CC2)CC3)cc1C. The first kappa shape index (κ1) is 32.3. The monoisotopic (exact) mass is 666 g/mol. The van der Waals surface area contributed by atoms with Gasteiger partial charge in [-0.2, -0.15) is 5.10 Å². The van der Waals surface area contributed by atoms with E-state index < -0.39 is 0 Å². The largest absolute Gasteiger partial charge is 0.496 e. The van der Waals surface area contributed by atoms with Gasteiger partial charge in [0.15, 0.2) is 5.82 Å². The zero-order valence-corrected chi connectivity index (χ0v) is 29.3. The third-order valence-corrected chi connectivity index (χ3v) is 12.5. The lowest BCUT2D eigenvalue weighted by Crippen LogP contribution is -2.52. The molecule has 6 fully saturated rings. The highest BCUT2D eigenvalue weighted by molar-refractivity contribution is 5.94. The lowest BCUT2D eigenvalue weighted by molar-refractivity contribution is -0.124. The molecule has 49 heavy (non-hydrogen) atoms. The van der Waals surface area contributed by atoms with Gasteiger partial charge in [-0.25, -0.2) is 19.4 Å². The summed E-state index contributed by atoms with van der Waals surface area (Å²) in [5, 5.41) is 4.76. The highest BCUT2D eigenvalue weighted by Gasteiger charge is 2.51. The topological polar surface area (TPSA) is 103 Å². The van der Waals surface area contributed by atoms with Crippen molar-refractivity contribution in [2.75, 3.05) is 31.6 Å². The van der Waals surface area contributed by atoms with Crippen LogP contribution in [0.2, 0.25) is 0 Å². The van der Waals surface area contributed by atoms with Crippen molar-refractivity contribution in [3.8, 4) is 11.4 Å². The zero-order valence-electron chi connectivity index (χ0n) is 29.3. The molecule has 10 nitrogen and oxygen atoms in total. The van der Waals surface area contributed by atoms with Crippen molar-refractivity contribution in [2.45, 2.75) is 108 Å². The van der Waals surface area contributed by atoms with Gasteiger partial charge in [0.05, 0.1) is 12.8 Å². The predicted molar refractivity (Wildman–Crippen MR) is 186 cm³/mol. The molecule has 1 aliphatic heterocycles. The van der Waals surface area contributed by atoms with E-state index in [9.17, 15) is 9.59 Å². The Labute approximate surface area is 289 Å². The number of anilines is 1. The summed E-state index contributed by atoms with van der Waals surface area (Å²) in [6, 6.07) is 10.7. The summed E-state index contributed by atoms with van der Waals surface area (Å²) < 4.78 is 13.2. The fourth-order valence-corrected chi connectivity index (χ4v) is 9.09. The van der Waals surface area contributed by atoms with Gasteiger partial charge in [-0.15, -0.1) is 0 Å². The molecule has 9 rings (SSSR count). The molecular weight excluding hydrogens is 616 g/mol. The highest BCUT2D eigenvalue weighted by Crippen LogP contribution is 2.58. The van der Waals surface area contributed by atoms with Crippen LogP contribution in [0, 0.1) is 24.2 Å². The maximum Gasteiger partial charge on any atom is 0.410 e. The number of amides is 2. The number of aromatic nitrogens is 4. The van der Waals surface area contributed by atoms with Gasteiger partial charge < -0.3 is 14.4 Å². The Hall–Kier alpha value is -3.95. The molecule has 3 heterocycles. The molecule has 5 saturated carbocycles. The second-order valence-electron chi connectivity index (χ2n) is 16.0. The second kappa shape index (κ2) is 12.7. The number of hydrogen-bond donors (Lipinski definition) is 0. The van der Waals surface area contributed by atoms with Gasteiger partial charge in [0.25, 0.3) is 0 Å². The Bertz CT molecular complexity index is 1680. The number of carbonyl (C=O) groups is 2. The maximum atomic E-state index is 14.6. The molecule has 1 aromatic carbocycles. The van der Waals surface area contributed by atoms with Crippen LogP contribution in [0.4, 0.5) is 10.6 Å². The van der Waals surface area contributed by atoms with Crippen LogP contribution >= 0.6 is 0 Å².